The zero-order valence-corrected chi connectivity index (χ0v) is 10.2. The number of benzene rings is 1. The maximum atomic E-state index is 11.4. The third-order valence-electron chi connectivity index (χ3n) is 2.54. The third-order valence-corrected chi connectivity index (χ3v) is 2.54. The van der Waals surface area contributed by atoms with Gasteiger partial charge in [0.2, 0.25) is 0 Å². The van der Waals surface area contributed by atoms with E-state index in [1.54, 1.807) is 38.3 Å². The minimum atomic E-state index is -0.564. The summed E-state index contributed by atoms with van der Waals surface area (Å²) in [4.78, 5) is 11.4. The number of ether oxygens (including phenoxy) is 1. The Hall–Kier alpha value is -2.07. The lowest BCUT2D eigenvalue weighted by Crippen LogP contribution is -1.99. The van der Waals surface area contributed by atoms with Gasteiger partial charge in [-0.25, -0.2) is 4.79 Å². The molecule has 4 heteroatoms. The Bertz CT molecular complexity index is 638. The molecule has 0 radical (unpaired) electrons. The van der Waals surface area contributed by atoms with Gasteiger partial charge in [0.25, 0.3) is 0 Å². The zero-order valence-electron chi connectivity index (χ0n) is 10.2. The minimum absolute atomic E-state index is 0.430. The van der Waals surface area contributed by atoms with Gasteiger partial charge in [-0.2, -0.15) is 0 Å². The number of methoxy groups -OCH3 is 1. The predicted octanol–water partition coefficient (Wildman–Crippen LogP) is 2.20. The van der Waals surface area contributed by atoms with Crippen LogP contribution in [-0.4, -0.2) is 18.3 Å². The van der Waals surface area contributed by atoms with Crippen LogP contribution in [0.5, 0.6) is 5.75 Å². The van der Waals surface area contributed by atoms with Crippen LogP contribution in [0.3, 0.4) is 0 Å². The topological polar surface area (TPSA) is 59.7 Å². The molecule has 1 heterocycles. The van der Waals surface area contributed by atoms with E-state index in [0.717, 1.165) is 5.39 Å². The second-order valence-electron chi connectivity index (χ2n) is 3.98. The van der Waals surface area contributed by atoms with Gasteiger partial charge in [0, 0.05) is 17.5 Å². The molecule has 2 aromatic rings. The van der Waals surface area contributed by atoms with Gasteiger partial charge >= 0.3 is 5.63 Å². The lowest BCUT2D eigenvalue weighted by molar-refractivity contribution is 0.245. The van der Waals surface area contributed by atoms with Gasteiger partial charge in [0.05, 0.1) is 13.2 Å². The molecule has 4 nitrogen and oxygen atoms in total. The lowest BCUT2D eigenvalue weighted by atomic mass is 10.1. The highest BCUT2D eigenvalue weighted by Crippen LogP contribution is 2.23. The maximum absolute atomic E-state index is 11.4. The van der Waals surface area contributed by atoms with Crippen molar-refractivity contribution in [3.05, 3.63) is 46.3 Å². The Labute approximate surface area is 104 Å². The number of hydrogen-bond donors (Lipinski definition) is 1. The van der Waals surface area contributed by atoms with Crippen LogP contribution in [0.2, 0.25) is 0 Å². The van der Waals surface area contributed by atoms with Gasteiger partial charge in [-0.3, -0.25) is 0 Å². The van der Waals surface area contributed by atoms with Crippen LogP contribution in [0.15, 0.2) is 39.6 Å². The van der Waals surface area contributed by atoms with Crippen molar-refractivity contribution in [1.82, 2.24) is 0 Å². The van der Waals surface area contributed by atoms with Gasteiger partial charge in [0.1, 0.15) is 11.3 Å². The summed E-state index contributed by atoms with van der Waals surface area (Å²) < 4.78 is 10.2. The van der Waals surface area contributed by atoms with E-state index < -0.39 is 11.7 Å². The summed E-state index contributed by atoms with van der Waals surface area (Å²) in [5, 5.41) is 10.0. The van der Waals surface area contributed by atoms with E-state index in [1.807, 2.05) is 6.07 Å². The first-order chi connectivity index (χ1) is 8.60. The molecule has 18 heavy (non-hydrogen) atoms. The highest BCUT2D eigenvalue weighted by Gasteiger charge is 2.05. The van der Waals surface area contributed by atoms with E-state index in [-0.39, 0.29) is 0 Å². The first-order valence-electron chi connectivity index (χ1n) is 5.58. The maximum Gasteiger partial charge on any atom is 0.336 e. The highest BCUT2D eigenvalue weighted by atomic mass is 16.5. The van der Waals surface area contributed by atoms with Crippen LogP contribution in [0.25, 0.3) is 17.0 Å². The van der Waals surface area contributed by atoms with Gasteiger partial charge in [-0.15, -0.1) is 0 Å². The Morgan fingerprint density at radius 3 is 2.83 bits per heavy atom. The molecule has 1 aromatic heterocycles. The fourth-order valence-corrected chi connectivity index (χ4v) is 1.68. The molecule has 1 unspecified atom stereocenters. The summed E-state index contributed by atoms with van der Waals surface area (Å²) in [6.45, 7) is 1.65. The van der Waals surface area contributed by atoms with Crippen molar-refractivity contribution in [2.75, 3.05) is 7.11 Å². The highest BCUT2D eigenvalue weighted by molar-refractivity contribution is 5.87. The Morgan fingerprint density at radius 2 is 2.17 bits per heavy atom. The molecular weight excluding hydrogens is 232 g/mol. The van der Waals surface area contributed by atoms with Crippen molar-refractivity contribution < 1.29 is 14.3 Å². The van der Waals surface area contributed by atoms with Crippen LogP contribution < -0.4 is 10.4 Å². The smallest absolute Gasteiger partial charge is 0.336 e. The molecule has 0 aliphatic heterocycles. The summed E-state index contributed by atoms with van der Waals surface area (Å²) in [6.07, 6.45) is 2.75. The summed E-state index contributed by atoms with van der Waals surface area (Å²) in [6, 6.07) is 6.67. The quantitative estimate of drug-likeness (QED) is 0.843. The number of aliphatic hydroxyl groups excluding tert-OH is 1. The molecule has 0 spiro atoms. The number of fused-ring (bicyclic) bond motifs is 1. The summed E-state index contributed by atoms with van der Waals surface area (Å²) in [7, 11) is 1.55. The molecule has 1 atom stereocenters. The number of aliphatic hydroxyl groups is 1. The fraction of sp³-hybridized carbons (Fsp3) is 0.214. The van der Waals surface area contributed by atoms with E-state index in [9.17, 15) is 9.90 Å². The van der Waals surface area contributed by atoms with Gasteiger partial charge < -0.3 is 14.3 Å². The normalized spacial score (nSPS) is 13.1. The lowest BCUT2D eigenvalue weighted by Gasteiger charge is -2.04. The van der Waals surface area contributed by atoms with Crippen LogP contribution >= 0.6 is 0 Å². The molecule has 1 N–H and O–H groups in total. The first-order valence-corrected chi connectivity index (χ1v) is 5.58. The van der Waals surface area contributed by atoms with Crippen molar-refractivity contribution >= 4 is 17.0 Å². The summed E-state index contributed by atoms with van der Waals surface area (Å²) >= 11 is 0. The number of rotatable bonds is 3. The van der Waals surface area contributed by atoms with E-state index >= 15 is 0 Å². The number of hydrogen-bond acceptors (Lipinski definition) is 4. The molecule has 94 valence electrons. The Balaban J connectivity index is 2.62. The monoisotopic (exact) mass is 246 g/mol. The molecule has 0 aliphatic rings. The Kier molecular flexibility index (Phi) is 3.48. The van der Waals surface area contributed by atoms with Crippen molar-refractivity contribution in [3.8, 4) is 5.75 Å². The van der Waals surface area contributed by atoms with Crippen LogP contribution in [0, 0.1) is 0 Å². The second-order valence-corrected chi connectivity index (χ2v) is 3.98. The largest absolute Gasteiger partial charge is 0.497 e. The fourth-order valence-electron chi connectivity index (χ4n) is 1.68. The average Bonchev–Trinajstić information content (AvgIpc) is 2.34. The van der Waals surface area contributed by atoms with Crippen molar-refractivity contribution in [2.45, 2.75) is 13.0 Å². The van der Waals surface area contributed by atoms with Crippen LogP contribution in [-0.2, 0) is 0 Å². The molecule has 2 rings (SSSR count). The molecule has 0 fully saturated rings. The predicted molar refractivity (Wildman–Crippen MR) is 69.8 cm³/mol. The average molecular weight is 246 g/mol. The van der Waals surface area contributed by atoms with Crippen molar-refractivity contribution in [2.24, 2.45) is 0 Å². The molecule has 0 saturated carbocycles. The second kappa shape index (κ2) is 5.06. The van der Waals surface area contributed by atoms with Gasteiger partial charge in [-0.05, 0) is 24.6 Å². The molecule has 0 saturated heterocycles. The molecule has 0 amide bonds. The van der Waals surface area contributed by atoms with Gasteiger partial charge in [-0.1, -0.05) is 12.2 Å². The van der Waals surface area contributed by atoms with E-state index in [1.165, 1.54) is 6.07 Å². The standard InChI is InChI=1S/C14H14O4/c1-9(15)3-4-10-7-14(16)18-13-8-11(17-2)5-6-12(10)13/h3-9,15H,1-2H3/b4-3+. The summed E-state index contributed by atoms with van der Waals surface area (Å²) in [5.41, 5.74) is 0.748. The van der Waals surface area contributed by atoms with E-state index in [0.29, 0.717) is 16.9 Å². The SMILES string of the molecule is COc1ccc2c(/C=C/C(C)O)cc(=O)oc2c1. The molecule has 1 aromatic carbocycles. The van der Waals surface area contributed by atoms with Gasteiger partial charge in [0.15, 0.2) is 0 Å². The third kappa shape index (κ3) is 2.60. The minimum Gasteiger partial charge on any atom is -0.497 e. The first kappa shape index (κ1) is 12.4. The molecule has 0 bridgehead atoms. The van der Waals surface area contributed by atoms with Crippen molar-refractivity contribution in [3.63, 3.8) is 0 Å². The van der Waals surface area contributed by atoms with Crippen LogP contribution in [0.1, 0.15) is 12.5 Å². The van der Waals surface area contributed by atoms with E-state index in [4.69, 9.17) is 9.15 Å². The van der Waals surface area contributed by atoms with E-state index in [2.05, 4.69) is 0 Å². The molecular formula is C14H14O4. The van der Waals surface area contributed by atoms with Crippen LogP contribution in [0.4, 0.5) is 0 Å². The summed E-state index contributed by atoms with van der Waals surface area (Å²) in [5.74, 6) is 0.627. The molecule has 0 aliphatic carbocycles. The zero-order chi connectivity index (χ0) is 13.1. The van der Waals surface area contributed by atoms with Crippen molar-refractivity contribution in [1.29, 1.82) is 0 Å². The Morgan fingerprint density at radius 1 is 1.39 bits per heavy atom.